The Morgan fingerprint density at radius 2 is 1.94 bits per heavy atom. The van der Waals surface area contributed by atoms with Gasteiger partial charge in [-0.1, -0.05) is 33.6 Å². The summed E-state index contributed by atoms with van der Waals surface area (Å²) >= 11 is 9.85. The van der Waals surface area contributed by atoms with Gasteiger partial charge in [0.25, 0.3) is 0 Å². The molecule has 1 aromatic heterocycles. The van der Waals surface area contributed by atoms with Gasteiger partial charge in [0.05, 0.1) is 11.1 Å². The average molecular weight is 300 g/mol. The van der Waals surface area contributed by atoms with Crippen molar-refractivity contribution in [3.63, 3.8) is 0 Å². The summed E-state index contributed by atoms with van der Waals surface area (Å²) in [5.41, 5.74) is 3.48. The fraction of sp³-hybridized carbons (Fsp3) is 0.231. The van der Waals surface area contributed by atoms with E-state index in [4.69, 9.17) is 16.0 Å². The zero-order valence-corrected chi connectivity index (χ0v) is 11.5. The fourth-order valence-corrected chi connectivity index (χ4v) is 2.68. The highest BCUT2D eigenvalue weighted by Gasteiger charge is 2.16. The second-order valence-corrected chi connectivity index (χ2v) is 5.16. The van der Waals surface area contributed by atoms with E-state index in [0.29, 0.717) is 0 Å². The third-order valence-electron chi connectivity index (χ3n) is 2.68. The van der Waals surface area contributed by atoms with Crippen molar-refractivity contribution < 1.29 is 4.42 Å². The highest BCUT2D eigenvalue weighted by molar-refractivity contribution is 9.09. The monoisotopic (exact) mass is 298 g/mol. The van der Waals surface area contributed by atoms with Crippen molar-refractivity contribution in [2.24, 2.45) is 0 Å². The normalized spacial score (nSPS) is 12.8. The summed E-state index contributed by atoms with van der Waals surface area (Å²) < 4.78 is 5.37. The molecule has 0 radical (unpaired) electrons. The SMILES string of the molecule is Cc1cc(Cl)c(C(Br)c2ccco2)cc1C. The lowest BCUT2D eigenvalue weighted by Crippen LogP contribution is -1.94. The quantitative estimate of drug-likeness (QED) is 0.709. The van der Waals surface area contributed by atoms with E-state index < -0.39 is 0 Å². The maximum atomic E-state index is 6.24. The van der Waals surface area contributed by atoms with Gasteiger partial charge in [-0.25, -0.2) is 0 Å². The Morgan fingerprint density at radius 1 is 1.25 bits per heavy atom. The topological polar surface area (TPSA) is 13.1 Å². The number of aryl methyl sites for hydroxylation is 2. The van der Waals surface area contributed by atoms with Crippen molar-refractivity contribution in [1.82, 2.24) is 0 Å². The number of hydrogen-bond donors (Lipinski definition) is 0. The van der Waals surface area contributed by atoms with E-state index in [1.165, 1.54) is 11.1 Å². The lowest BCUT2D eigenvalue weighted by atomic mass is 10.0. The van der Waals surface area contributed by atoms with E-state index in [1.54, 1.807) is 6.26 Å². The van der Waals surface area contributed by atoms with E-state index in [2.05, 4.69) is 35.8 Å². The van der Waals surface area contributed by atoms with Gasteiger partial charge in [0.15, 0.2) is 0 Å². The molecular weight excluding hydrogens is 287 g/mol. The molecule has 0 spiro atoms. The van der Waals surface area contributed by atoms with Crippen LogP contribution in [0, 0.1) is 13.8 Å². The molecule has 0 aliphatic heterocycles. The summed E-state index contributed by atoms with van der Waals surface area (Å²) in [5.74, 6) is 0.866. The summed E-state index contributed by atoms with van der Waals surface area (Å²) in [6.45, 7) is 4.14. The van der Waals surface area contributed by atoms with E-state index in [-0.39, 0.29) is 4.83 Å². The van der Waals surface area contributed by atoms with Crippen LogP contribution in [-0.4, -0.2) is 0 Å². The van der Waals surface area contributed by atoms with Gasteiger partial charge in [0.1, 0.15) is 5.76 Å². The predicted molar refractivity (Wildman–Crippen MR) is 70.4 cm³/mol. The van der Waals surface area contributed by atoms with Gasteiger partial charge in [-0.05, 0) is 48.7 Å². The summed E-state index contributed by atoms with van der Waals surface area (Å²) in [6.07, 6.45) is 1.67. The van der Waals surface area contributed by atoms with Crippen LogP contribution in [0.5, 0.6) is 0 Å². The maximum Gasteiger partial charge on any atom is 0.121 e. The molecule has 0 aliphatic rings. The van der Waals surface area contributed by atoms with Crippen LogP contribution in [0.1, 0.15) is 27.3 Å². The molecule has 0 fully saturated rings. The third-order valence-corrected chi connectivity index (χ3v) is 3.95. The Morgan fingerprint density at radius 3 is 2.56 bits per heavy atom. The number of rotatable bonds is 2. The fourth-order valence-electron chi connectivity index (χ4n) is 1.59. The van der Waals surface area contributed by atoms with Crippen molar-refractivity contribution in [2.75, 3.05) is 0 Å². The average Bonchev–Trinajstić information content (AvgIpc) is 2.75. The van der Waals surface area contributed by atoms with Crippen molar-refractivity contribution in [3.05, 3.63) is 58.0 Å². The Bertz CT molecular complexity index is 491. The van der Waals surface area contributed by atoms with E-state index in [1.807, 2.05) is 18.2 Å². The van der Waals surface area contributed by atoms with E-state index in [0.717, 1.165) is 16.3 Å². The summed E-state index contributed by atoms with van der Waals surface area (Å²) in [7, 11) is 0. The minimum atomic E-state index is 0.00861. The highest BCUT2D eigenvalue weighted by atomic mass is 79.9. The molecule has 0 saturated heterocycles. The van der Waals surface area contributed by atoms with E-state index >= 15 is 0 Å². The number of halogens is 2. The molecule has 0 aliphatic carbocycles. The van der Waals surface area contributed by atoms with Crippen molar-refractivity contribution >= 4 is 27.5 Å². The molecule has 0 saturated carbocycles. The first-order chi connectivity index (χ1) is 7.59. The predicted octanol–water partition coefficient (Wildman–Crippen LogP) is 5.03. The molecule has 0 bridgehead atoms. The molecule has 3 heteroatoms. The summed E-state index contributed by atoms with van der Waals surface area (Å²) in [5, 5.41) is 0.765. The molecule has 2 aromatic rings. The maximum absolute atomic E-state index is 6.24. The lowest BCUT2D eigenvalue weighted by molar-refractivity contribution is 0.519. The zero-order chi connectivity index (χ0) is 11.7. The van der Waals surface area contributed by atoms with Gasteiger partial charge in [-0.3, -0.25) is 0 Å². The molecule has 0 amide bonds. The molecule has 84 valence electrons. The van der Waals surface area contributed by atoms with Gasteiger partial charge in [0.2, 0.25) is 0 Å². The van der Waals surface area contributed by atoms with Gasteiger partial charge in [-0.15, -0.1) is 0 Å². The lowest BCUT2D eigenvalue weighted by Gasteiger charge is -2.12. The molecular formula is C13H12BrClO. The van der Waals surface area contributed by atoms with Gasteiger partial charge < -0.3 is 4.42 Å². The van der Waals surface area contributed by atoms with Crippen LogP contribution in [0.3, 0.4) is 0 Å². The molecule has 2 rings (SSSR count). The van der Waals surface area contributed by atoms with Crippen LogP contribution in [0.2, 0.25) is 5.02 Å². The molecule has 1 nitrogen and oxygen atoms in total. The van der Waals surface area contributed by atoms with Crippen LogP contribution in [-0.2, 0) is 0 Å². The first-order valence-electron chi connectivity index (χ1n) is 5.03. The molecule has 1 unspecified atom stereocenters. The summed E-state index contributed by atoms with van der Waals surface area (Å²) in [4.78, 5) is 0.00861. The van der Waals surface area contributed by atoms with Crippen LogP contribution >= 0.6 is 27.5 Å². The Kier molecular flexibility index (Phi) is 3.41. The number of benzene rings is 1. The van der Waals surface area contributed by atoms with Gasteiger partial charge >= 0.3 is 0 Å². The highest BCUT2D eigenvalue weighted by Crippen LogP contribution is 2.36. The Hall–Kier alpha value is -0.730. The van der Waals surface area contributed by atoms with Crippen LogP contribution in [0.4, 0.5) is 0 Å². The third kappa shape index (κ3) is 2.18. The van der Waals surface area contributed by atoms with Crippen molar-refractivity contribution in [3.8, 4) is 0 Å². The number of alkyl halides is 1. The second kappa shape index (κ2) is 4.64. The van der Waals surface area contributed by atoms with Gasteiger partial charge in [0, 0.05) is 5.02 Å². The first-order valence-corrected chi connectivity index (χ1v) is 6.33. The molecule has 1 atom stereocenters. The minimum absolute atomic E-state index is 0.00861. The minimum Gasteiger partial charge on any atom is -0.468 e. The Balaban J connectivity index is 2.44. The number of hydrogen-bond acceptors (Lipinski definition) is 1. The Labute approximate surface area is 109 Å². The first kappa shape index (κ1) is 11.7. The van der Waals surface area contributed by atoms with Crippen LogP contribution < -0.4 is 0 Å². The number of furan rings is 1. The van der Waals surface area contributed by atoms with E-state index in [9.17, 15) is 0 Å². The smallest absolute Gasteiger partial charge is 0.121 e. The molecule has 0 N–H and O–H groups in total. The van der Waals surface area contributed by atoms with Gasteiger partial charge in [-0.2, -0.15) is 0 Å². The molecule has 1 heterocycles. The molecule has 1 aromatic carbocycles. The second-order valence-electron chi connectivity index (χ2n) is 3.84. The largest absolute Gasteiger partial charge is 0.468 e. The van der Waals surface area contributed by atoms with Crippen molar-refractivity contribution in [1.29, 1.82) is 0 Å². The van der Waals surface area contributed by atoms with Crippen LogP contribution in [0.15, 0.2) is 34.9 Å². The molecule has 16 heavy (non-hydrogen) atoms. The standard InChI is InChI=1S/C13H12BrClO/c1-8-6-10(11(15)7-9(8)2)13(14)12-4-3-5-16-12/h3-7,13H,1-2H3. The zero-order valence-electron chi connectivity index (χ0n) is 9.13. The summed E-state index contributed by atoms with van der Waals surface area (Å²) in [6, 6.07) is 7.90. The van der Waals surface area contributed by atoms with Crippen molar-refractivity contribution in [2.45, 2.75) is 18.7 Å². The van der Waals surface area contributed by atoms with Crippen LogP contribution in [0.25, 0.3) is 0 Å².